The normalized spacial score (nSPS) is 10.8. The molecule has 0 amide bonds. The number of ether oxygens (including phenoxy) is 1. The molecular weight excluding hydrogens is 242 g/mol. The number of methoxy groups -OCH3 is 1. The Morgan fingerprint density at radius 3 is 2.71 bits per heavy atom. The first kappa shape index (κ1) is 11.6. The van der Waals surface area contributed by atoms with E-state index in [0.717, 1.165) is 16.0 Å². The lowest BCUT2D eigenvalue weighted by Crippen LogP contribution is -2.30. The predicted molar refractivity (Wildman–Crippen MR) is 64.8 cm³/mol. The Morgan fingerprint density at radius 1 is 1.47 bits per heavy atom. The van der Waals surface area contributed by atoms with Crippen molar-refractivity contribution in [2.45, 2.75) is 13.8 Å². The number of carbonyl (C=O) groups excluding carboxylic acids is 1. The average Bonchev–Trinajstić information content (AvgIpc) is 2.62. The molecule has 0 aliphatic rings. The van der Waals surface area contributed by atoms with Gasteiger partial charge in [0.15, 0.2) is 0 Å². The molecule has 2 N–H and O–H groups in total. The minimum Gasteiger partial charge on any atom is -0.465 e. The Bertz CT molecular complexity index is 671. The Labute approximate surface area is 101 Å². The van der Waals surface area contributed by atoms with Crippen molar-refractivity contribution < 1.29 is 9.53 Å². The lowest BCUT2D eigenvalue weighted by molar-refractivity contribution is 0.0605. The lowest BCUT2D eigenvalue weighted by atomic mass is 10.2. The maximum atomic E-state index is 11.9. The van der Waals surface area contributed by atoms with Gasteiger partial charge in [-0.2, -0.15) is 0 Å². The number of fused-ring (bicyclic) bond motifs is 1. The summed E-state index contributed by atoms with van der Waals surface area (Å²) in [5.41, 5.74) is 0.213. The van der Waals surface area contributed by atoms with E-state index in [1.54, 1.807) is 13.8 Å². The van der Waals surface area contributed by atoms with Crippen molar-refractivity contribution in [3.63, 3.8) is 0 Å². The van der Waals surface area contributed by atoms with Crippen molar-refractivity contribution >= 4 is 27.5 Å². The molecule has 0 saturated carbocycles. The van der Waals surface area contributed by atoms with Gasteiger partial charge in [-0.3, -0.25) is 4.79 Å². The molecular formula is C10H11N3O3S. The largest absolute Gasteiger partial charge is 0.465 e. The molecule has 0 bridgehead atoms. The number of hydrogen-bond donors (Lipinski definition) is 1. The SMILES string of the molecule is COC(=O)c1sc2nc(C)n(N)c(=O)c2c1C. The number of hydrogen-bond acceptors (Lipinski definition) is 6. The fourth-order valence-corrected chi connectivity index (χ4v) is 2.72. The summed E-state index contributed by atoms with van der Waals surface area (Å²) in [6.07, 6.45) is 0. The van der Waals surface area contributed by atoms with Gasteiger partial charge in [-0.15, -0.1) is 11.3 Å². The van der Waals surface area contributed by atoms with E-state index in [4.69, 9.17) is 5.84 Å². The fraction of sp³-hybridized carbons (Fsp3) is 0.300. The minimum atomic E-state index is -0.467. The average molecular weight is 253 g/mol. The van der Waals surface area contributed by atoms with E-state index < -0.39 is 5.97 Å². The summed E-state index contributed by atoms with van der Waals surface area (Å²) < 4.78 is 5.63. The van der Waals surface area contributed by atoms with Crippen molar-refractivity contribution in [1.29, 1.82) is 0 Å². The molecule has 0 saturated heterocycles. The number of nitrogens with two attached hydrogens (primary N) is 1. The zero-order chi connectivity index (χ0) is 12.7. The highest BCUT2D eigenvalue weighted by Gasteiger charge is 2.20. The van der Waals surface area contributed by atoms with Gasteiger partial charge >= 0.3 is 5.97 Å². The highest BCUT2D eigenvalue weighted by Crippen LogP contribution is 2.27. The van der Waals surface area contributed by atoms with Crippen LogP contribution < -0.4 is 11.4 Å². The molecule has 2 heterocycles. The molecule has 2 rings (SSSR count). The third kappa shape index (κ3) is 1.59. The molecule has 90 valence electrons. The Hall–Kier alpha value is -1.89. The summed E-state index contributed by atoms with van der Waals surface area (Å²) in [7, 11) is 1.30. The summed E-state index contributed by atoms with van der Waals surface area (Å²) in [5.74, 6) is 5.50. The Morgan fingerprint density at radius 2 is 2.12 bits per heavy atom. The molecule has 17 heavy (non-hydrogen) atoms. The molecule has 6 nitrogen and oxygen atoms in total. The topological polar surface area (TPSA) is 87.2 Å². The van der Waals surface area contributed by atoms with Crippen molar-refractivity contribution in [2.75, 3.05) is 13.0 Å². The Balaban J connectivity index is 2.88. The second-order valence-electron chi connectivity index (χ2n) is 3.56. The maximum absolute atomic E-state index is 11.9. The Kier molecular flexibility index (Phi) is 2.62. The number of rotatable bonds is 1. The first-order valence-electron chi connectivity index (χ1n) is 4.83. The van der Waals surface area contributed by atoms with Crippen LogP contribution in [0.25, 0.3) is 10.2 Å². The van der Waals surface area contributed by atoms with Gasteiger partial charge in [0.05, 0.1) is 12.5 Å². The van der Waals surface area contributed by atoms with Gasteiger partial charge in [0, 0.05) is 0 Å². The summed E-state index contributed by atoms with van der Waals surface area (Å²) in [4.78, 5) is 28.5. The second kappa shape index (κ2) is 3.85. The third-order valence-corrected chi connectivity index (χ3v) is 3.71. The van der Waals surface area contributed by atoms with Crippen LogP contribution in [0.2, 0.25) is 0 Å². The second-order valence-corrected chi connectivity index (χ2v) is 4.56. The van der Waals surface area contributed by atoms with Crippen LogP contribution in [-0.2, 0) is 4.74 Å². The molecule has 0 atom stereocenters. The summed E-state index contributed by atoms with van der Waals surface area (Å²) in [5, 5.41) is 0.378. The number of thiophene rings is 1. The van der Waals surface area contributed by atoms with Crippen LogP contribution >= 0.6 is 11.3 Å². The zero-order valence-electron chi connectivity index (χ0n) is 9.60. The predicted octanol–water partition coefficient (Wildman–Crippen LogP) is 0.575. The molecule has 7 heteroatoms. The summed E-state index contributed by atoms with van der Waals surface area (Å²) >= 11 is 1.14. The highest BCUT2D eigenvalue weighted by molar-refractivity contribution is 7.20. The van der Waals surface area contributed by atoms with Crippen LogP contribution in [0.3, 0.4) is 0 Å². The fourth-order valence-electron chi connectivity index (χ4n) is 1.58. The number of aryl methyl sites for hydroxylation is 2. The van der Waals surface area contributed by atoms with E-state index in [2.05, 4.69) is 9.72 Å². The minimum absolute atomic E-state index is 0.351. The van der Waals surface area contributed by atoms with Gasteiger partial charge in [-0.05, 0) is 19.4 Å². The first-order valence-corrected chi connectivity index (χ1v) is 5.65. The van der Waals surface area contributed by atoms with Crippen molar-refractivity contribution in [2.24, 2.45) is 0 Å². The van der Waals surface area contributed by atoms with Gasteiger partial charge < -0.3 is 10.6 Å². The number of nitrogen functional groups attached to an aromatic ring is 1. The van der Waals surface area contributed by atoms with Gasteiger partial charge in [0.2, 0.25) is 0 Å². The van der Waals surface area contributed by atoms with Gasteiger partial charge in [0.1, 0.15) is 15.5 Å². The zero-order valence-corrected chi connectivity index (χ0v) is 10.4. The van der Waals surface area contributed by atoms with Crippen LogP contribution in [0.1, 0.15) is 21.1 Å². The van der Waals surface area contributed by atoms with Gasteiger partial charge in [-0.1, -0.05) is 0 Å². The van der Waals surface area contributed by atoms with Crippen LogP contribution in [-0.4, -0.2) is 22.7 Å². The molecule has 0 fully saturated rings. The van der Waals surface area contributed by atoms with Gasteiger partial charge in [-0.25, -0.2) is 14.5 Å². The molecule has 2 aromatic rings. The third-order valence-electron chi connectivity index (χ3n) is 2.54. The first-order chi connectivity index (χ1) is 7.97. The van der Waals surface area contributed by atoms with Gasteiger partial charge in [0.25, 0.3) is 5.56 Å². The van der Waals surface area contributed by atoms with E-state index in [1.165, 1.54) is 7.11 Å². The quantitative estimate of drug-likeness (QED) is 0.593. The molecule has 0 aromatic carbocycles. The van der Waals surface area contributed by atoms with Crippen LogP contribution in [0, 0.1) is 13.8 Å². The molecule has 0 aliphatic carbocycles. The van der Waals surface area contributed by atoms with E-state index in [1.807, 2.05) is 0 Å². The standard InChI is InChI=1S/C10H11N3O3S/c1-4-6-8(17-7(4)10(15)16-3)12-5(2)13(11)9(6)14/h11H2,1-3H3. The monoisotopic (exact) mass is 253 g/mol. The summed E-state index contributed by atoms with van der Waals surface area (Å²) in [6.45, 7) is 3.32. The lowest BCUT2D eigenvalue weighted by Gasteiger charge is -2.01. The molecule has 0 spiro atoms. The molecule has 2 aromatic heterocycles. The number of carbonyl (C=O) groups is 1. The van der Waals surface area contributed by atoms with Crippen LogP contribution in [0.5, 0.6) is 0 Å². The van der Waals surface area contributed by atoms with Crippen molar-refractivity contribution in [1.82, 2.24) is 9.66 Å². The molecule has 0 radical (unpaired) electrons. The van der Waals surface area contributed by atoms with E-state index in [0.29, 0.717) is 26.5 Å². The van der Waals surface area contributed by atoms with Crippen LogP contribution in [0.15, 0.2) is 4.79 Å². The summed E-state index contributed by atoms with van der Waals surface area (Å²) in [6, 6.07) is 0. The number of nitrogens with zero attached hydrogens (tertiary/aromatic N) is 2. The van der Waals surface area contributed by atoms with Crippen LogP contribution in [0.4, 0.5) is 0 Å². The van der Waals surface area contributed by atoms with E-state index >= 15 is 0 Å². The highest BCUT2D eigenvalue weighted by atomic mass is 32.1. The number of aromatic nitrogens is 2. The van der Waals surface area contributed by atoms with Crippen molar-refractivity contribution in [3.8, 4) is 0 Å². The molecule has 0 unspecified atom stereocenters. The number of esters is 1. The smallest absolute Gasteiger partial charge is 0.348 e. The van der Waals surface area contributed by atoms with E-state index in [-0.39, 0.29) is 5.56 Å². The molecule has 0 aliphatic heterocycles. The van der Waals surface area contributed by atoms with E-state index in [9.17, 15) is 9.59 Å². The van der Waals surface area contributed by atoms with Crippen molar-refractivity contribution in [3.05, 3.63) is 26.6 Å². The maximum Gasteiger partial charge on any atom is 0.348 e.